The topological polar surface area (TPSA) is 94.6 Å². The molecule has 0 aliphatic carbocycles. The van der Waals surface area contributed by atoms with Crippen molar-refractivity contribution in [2.45, 2.75) is 37.1 Å². The number of ether oxygens (including phenoxy) is 1. The molecule has 2 rings (SSSR count). The molecule has 0 aromatic carbocycles. The summed E-state index contributed by atoms with van der Waals surface area (Å²) >= 11 is 0. The van der Waals surface area contributed by atoms with Gasteiger partial charge >= 0.3 is 5.97 Å². The minimum atomic E-state index is -4.05. The third kappa shape index (κ3) is 3.26. The molecule has 2 N–H and O–H groups in total. The molecule has 0 spiro atoms. The second-order valence-electron chi connectivity index (χ2n) is 5.49. The van der Waals surface area contributed by atoms with E-state index in [1.165, 1.54) is 11.4 Å². The van der Waals surface area contributed by atoms with Gasteiger partial charge in [0.2, 0.25) is 10.0 Å². The quantitative estimate of drug-likeness (QED) is 0.797. The zero-order valence-electron chi connectivity index (χ0n) is 13.3. The summed E-state index contributed by atoms with van der Waals surface area (Å²) in [7, 11) is -2.65. The summed E-state index contributed by atoms with van der Waals surface area (Å²) in [5, 5.41) is 0. The van der Waals surface area contributed by atoms with Crippen molar-refractivity contribution in [2.75, 3.05) is 19.7 Å². The monoisotopic (exact) mass is 347 g/mol. The Kier molecular flexibility index (Phi) is 5.43. The number of carbonyl (C=O) groups excluding carboxylic acids is 1. The van der Waals surface area contributed by atoms with Crippen LogP contribution in [0.3, 0.4) is 0 Å². The number of nitrogens with two attached hydrogens (primary N) is 1. The van der Waals surface area contributed by atoms with Gasteiger partial charge in [-0.2, -0.15) is 4.31 Å². The third-order valence-corrected chi connectivity index (χ3v) is 5.93. The van der Waals surface area contributed by atoms with Crippen LogP contribution in [0.25, 0.3) is 0 Å². The van der Waals surface area contributed by atoms with E-state index >= 15 is 0 Å². The highest BCUT2D eigenvalue weighted by Crippen LogP contribution is 2.28. The van der Waals surface area contributed by atoms with Crippen molar-refractivity contribution in [3.05, 3.63) is 17.7 Å². The van der Waals surface area contributed by atoms with Crippen molar-refractivity contribution in [1.29, 1.82) is 0 Å². The molecule has 1 atom stereocenters. The highest BCUT2D eigenvalue weighted by atomic mass is 32.2. The second-order valence-corrected chi connectivity index (χ2v) is 7.35. The number of sulfonamides is 1. The largest absolute Gasteiger partial charge is 0.461 e. The number of halogens is 1. The molecule has 23 heavy (non-hydrogen) atoms. The minimum Gasteiger partial charge on any atom is -0.461 e. The molecular formula is C14H22FN3O4S. The lowest BCUT2D eigenvalue weighted by atomic mass is 10.1. The van der Waals surface area contributed by atoms with E-state index in [1.54, 1.807) is 6.92 Å². The summed E-state index contributed by atoms with van der Waals surface area (Å²) in [6, 6.07) is -0.348. The lowest BCUT2D eigenvalue weighted by molar-refractivity contribution is 0.0509. The molecule has 1 aliphatic rings. The van der Waals surface area contributed by atoms with Crippen molar-refractivity contribution < 1.29 is 22.3 Å². The average molecular weight is 347 g/mol. The molecule has 1 aromatic rings. The number of hydrogen-bond acceptors (Lipinski definition) is 5. The van der Waals surface area contributed by atoms with Crippen LogP contribution in [0, 0.1) is 5.82 Å². The summed E-state index contributed by atoms with van der Waals surface area (Å²) in [6.07, 6.45) is 3.35. The molecule has 1 unspecified atom stereocenters. The first kappa shape index (κ1) is 17.9. The van der Waals surface area contributed by atoms with Gasteiger partial charge in [0.25, 0.3) is 0 Å². The van der Waals surface area contributed by atoms with Crippen LogP contribution >= 0.6 is 0 Å². The van der Waals surface area contributed by atoms with E-state index < -0.39 is 32.4 Å². The van der Waals surface area contributed by atoms with Gasteiger partial charge in [-0.05, 0) is 19.8 Å². The summed E-state index contributed by atoms with van der Waals surface area (Å²) < 4.78 is 47.3. The summed E-state index contributed by atoms with van der Waals surface area (Å²) in [5.41, 5.74) is 5.25. The van der Waals surface area contributed by atoms with Gasteiger partial charge in [-0.3, -0.25) is 0 Å². The molecule has 1 fully saturated rings. The van der Waals surface area contributed by atoms with Gasteiger partial charge in [0.15, 0.2) is 11.5 Å². The molecule has 7 nitrogen and oxygen atoms in total. The van der Waals surface area contributed by atoms with Crippen LogP contribution in [-0.2, 0) is 21.8 Å². The van der Waals surface area contributed by atoms with Crippen molar-refractivity contribution in [3.8, 4) is 0 Å². The van der Waals surface area contributed by atoms with Crippen LogP contribution in [0.2, 0.25) is 0 Å². The number of esters is 1. The number of piperidine rings is 1. The summed E-state index contributed by atoms with van der Waals surface area (Å²) in [6.45, 7) is 2.15. The Labute approximate surface area is 135 Å². The lowest BCUT2D eigenvalue weighted by Crippen LogP contribution is -2.47. The smallest absolute Gasteiger partial charge is 0.358 e. The van der Waals surface area contributed by atoms with Gasteiger partial charge in [0.05, 0.1) is 6.61 Å². The van der Waals surface area contributed by atoms with Crippen LogP contribution in [0.1, 0.15) is 36.7 Å². The molecule has 0 radical (unpaired) electrons. The normalized spacial score (nSPS) is 19.7. The minimum absolute atomic E-state index is 0.0763. The van der Waals surface area contributed by atoms with Crippen molar-refractivity contribution in [1.82, 2.24) is 8.87 Å². The average Bonchev–Trinajstić information content (AvgIpc) is 2.83. The molecule has 1 aromatic heterocycles. The highest BCUT2D eigenvalue weighted by molar-refractivity contribution is 7.89. The Morgan fingerprint density at radius 3 is 2.78 bits per heavy atom. The molecule has 0 bridgehead atoms. The second kappa shape index (κ2) is 6.98. The van der Waals surface area contributed by atoms with E-state index in [0.717, 1.165) is 17.2 Å². The van der Waals surface area contributed by atoms with E-state index in [1.807, 2.05) is 0 Å². The van der Waals surface area contributed by atoms with Crippen LogP contribution in [0.5, 0.6) is 0 Å². The van der Waals surface area contributed by atoms with E-state index in [9.17, 15) is 17.6 Å². The van der Waals surface area contributed by atoms with Crippen molar-refractivity contribution in [3.63, 3.8) is 0 Å². The van der Waals surface area contributed by atoms with Crippen LogP contribution in [0.4, 0.5) is 4.39 Å². The molecule has 1 saturated heterocycles. The van der Waals surface area contributed by atoms with Crippen molar-refractivity contribution in [2.24, 2.45) is 12.8 Å². The first-order valence-corrected chi connectivity index (χ1v) is 9.02. The zero-order valence-corrected chi connectivity index (χ0v) is 14.1. The van der Waals surface area contributed by atoms with E-state index in [2.05, 4.69) is 0 Å². The molecule has 1 aliphatic heterocycles. The van der Waals surface area contributed by atoms with Gasteiger partial charge < -0.3 is 15.0 Å². The molecule has 0 amide bonds. The third-order valence-electron chi connectivity index (χ3n) is 3.99. The van der Waals surface area contributed by atoms with E-state index in [-0.39, 0.29) is 19.2 Å². The predicted octanol–water partition coefficient (Wildman–Crippen LogP) is 0.843. The molecule has 0 saturated carbocycles. The fraction of sp³-hybridized carbons (Fsp3) is 0.643. The Morgan fingerprint density at radius 2 is 2.17 bits per heavy atom. The standard InChI is InChI=1S/C14H22FN3O4S/c1-3-22-14(19)13-12(15)11(9-17(13)2)23(20,21)18-7-5-4-6-10(18)8-16/h9-10H,3-8,16H2,1-2H3. The van der Waals surface area contributed by atoms with Gasteiger partial charge in [-0.15, -0.1) is 0 Å². The number of hydrogen-bond donors (Lipinski definition) is 1. The zero-order chi connectivity index (χ0) is 17.2. The number of carbonyl (C=O) groups is 1. The van der Waals surface area contributed by atoms with E-state index in [4.69, 9.17) is 10.5 Å². The molecule has 130 valence electrons. The van der Waals surface area contributed by atoms with Crippen LogP contribution in [0.15, 0.2) is 11.1 Å². The van der Waals surface area contributed by atoms with Gasteiger partial charge in [0.1, 0.15) is 4.90 Å². The number of aromatic nitrogens is 1. The maximum absolute atomic E-state index is 14.6. The summed E-state index contributed by atoms with van der Waals surface area (Å²) in [4.78, 5) is 11.3. The number of nitrogens with zero attached hydrogens (tertiary/aromatic N) is 2. The predicted molar refractivity (Wildman–Crippen MR) is 81.9 cm³/mol. The fourth-order valence-corrected chi connectivity index (χ4v) is 4.65. The summed E-state index contributed by atoms with van der Waals surface area (Å²) in [5.74, 6) is -1.96. The maximum atomic E-state index is 14.6. The maximum Gasteiger partial charge on any atom is 0.358 e. The van der Waals surface area contributed by atoms with Crippen molar-refractivity contribution >= 4 is 16.0 Å². The fourth-order valence-electron chi connectivity index (χ4n) is 2.83. The number of rotatable bonds is 5. The lowest BCUT2D eigenvalue weighted by Gasteiger charge is -2.33. The Bertz CT molecular complexity index is 686. The van der Waals surface area contributed by atoms with Gasteiger partial charge in [-0.1, -0.05) is 6.42 Å². The van der Waals surface area contributed by atoms with Crippen LogP contribution in [-0.4, -0.2) is 49.0 Å². The Balaban J connectivity index is 2.44. The number of aryl methyl sites for hydroxylation is 1. The first-order valence-electron chi connectivity index (χ1n) is 7.58. The van der Waals surface area contributed by atoms with Gasteiger partial charge in [-0.25, -0.2) is 17.6 Å². The van der Waals surface area contributed by atoms with Gasteiger partial charge in [0, 0.05) is 32.4 Å². The van der Waals surface area contributed by atoms with Crippen LogP contribution < -0.4 is 5.73 Å². The SMILES string of the molecule is CCOC(=O)c1c(F)c(S(=O)(=O)N2CCCCC2CN)cn1C. The Hall–Kier alpha value is -1.45. The van der Waals surface area contributed by atoms with E-state index in [0.29, 0.717) is 19.4 Å². The molecule has 9 heteroatoms. The Morgan fingerprint density at radius 1 is 1.48 bits per heavy atom. The molecular weight excluding hydrogens is 325 g/mol. The highest BCUT2D eigenvalue weighted by Gasteiger charge is 2.37. The first-order chi connectivity index (χ1) is 10.8. The molecule has 2 heterocycles.